The Balaban J connectivity index is 1.61. The Morgan fingerprint density at radius 1 is 1.08 bits per heavy atom. The van der Waals surface area contributed by atoms with Gasteiger partial charge in [-0.2, -0.15) is 0 Å². The van der Waals surface area contributed by atoms with E-state index < -0.39 is 0 Å². The van der Waals surface area contributed by atoms with E-state index in [1.165, 1.54) is 0 Å². The van der Waals surface area contributed by atoms with E-state index in [2.05, 4.69) is 10.6 Å². The number of carbonyl (C=O) groups excluding carboxylic acids is 1. The highest BCUT2D eigenvalue weighted by atomic mass is 35.5. The summed E-state index contributed by atoms with van der Waals surface area (Å²) in [5, 5.41) is 6.13. The molecule has 0 fully saturated rings. The van der Waals surface area contributed by atoms with Crippen molar-refractivity contribution in [2.75, 3.05) is 26.8 Å². The van der Waals surface area contributed by atoms with E-state index in [4.69, 9.17) is 21.1 Å². The third-order valence-electron chi connectivity index (χ3n) is 3.59. The predicted molar refractivity (Wildman–Crippen MR) is 99.8 cm³/mol. The third-order valence-corrected chi connectivity index (χ3v) is 3.90. The predicted octanol–water partition coefficient (Wildman–Crippen LogP) is 3.58. The first-order valence-corrected chi connectivity index (χ1v) is 8.50. The summed E-state index contributed by atoms with van der Waals surface area (Å²) in [7, 11) is 1.64. The van der Waals surface area contributed by atoms with Crippen molar-refractivity contribution in [2.24, 2.45) is 0 Å². The van der Waals surface area contributed by atoms with Crippen molar-refractivity contribution >= 4 is 17.6 Å². The molecule has 2 aromatic carbocycles. The van der Waals surface area contributed by atoms with Gasteiger partial charge < -0.3 is 20.1 Å². The zero-order valence-electron chi connectivity index (χ0n) is 14.5. The second-order valence-electron chi connectivity index (χ2n) is 5.56. The summed E-state index contributed by atoms with van der Waals surface area (Å²) in [5.41, 5.74) is 2.21. The number of halogens is 1. The van der Waals surface area contributed by atoms with Crippen molar-refractivity contribution < 1.29 is 14.3 Å². The van der Waals surface area contributed by atoms with Crippen LogP contribution in [0.25, 0.3) is 0 Å². The van der Waals surface area contributed by atoms with Gasteiger partial charge in [-0.3, -0.25) is 0 Å². The SMILES string of the molecule is COc1ccc(CCNC(=O)NCCOc2cc(C)ccc2Cl)cc1. The van der Waals surface area contributed by atoms with Gasteiger partial charge in [-0.05, 0) is 48.7 Å². The summed E-state index contributed by atoms with van der Waals surface area (Å²) >= 11 is 6.05. The first-order chi connectivity index (χ1) is 12.1. The lowest BCUT2D eigenvalue weighted by molar-refractivity contribution is 0.236. The van der Waals surface area contributed by atoms with E-state index in [0.29, 0.717) is 30.5 Å². The van der Waals surface area contributed by atoms with Crippen molar-refractivity contribution in [3.63, 3.8) is 0 Å². The molecule has 2 amide bonds. The number of rotatable bonds is 8. The molecule has 2 N–H and O–H groups in total. The summed E-state index contributed by atoms with van der Waals surface area (Å²) in [4.78, 5) is 11.7. The van der Waals surface area contributed by atoms with Gasteiger partial charge in [0.15, 0.2) is 0 Å². The van der Waals surface area contributed by atoms with Gasteiger partial charge in [0.25, 0.3) is 0 Å². The van der Waals surface area contributed by atoms with Crippen molar-refractivity contribution in [1.82, 2.24) is 10.6 Å². The van der Waals surface area contributed by atoms with Gasteiger partial charge in [-0.15, -0.1) is 0 Å². The molecular formula is C19H23ClN2O3. The summed E-state index contributed by atoms with van der Waals surface area (Å²) in [6, 6.07) is 13.2. The maximum absolute atomic E-state index is 11.7. The van der Waals surface area contributed by atoms with Crippen LogP contribution in [0, 0.1) is 6.92 Å². The fourth-order valence-electron chi connectivity index (χ4n) is 2.22. The van der Waals surface area contributed by atoms with Crippen LogP contribution < -0.4 is 20.1 Å². The Morgan fingerprint density at radius 2 is 1.80 bits per heavy atom. The number of nitrogens with one attached hydrogen (secondary N) is 2. The van der Waals surface area contributed by atoms with Crippen molar-refractivity contribution in [1.29, 1.82) is 0 Å². The highest BCUT2D eigenvalue weighted by molar-refractivity contribution is 6.32. The number of methoxy groups -OCH3 is 1. The summed E-state index contributed by atoms with van der Waals surface area (Å²) in [5.74, 6) is 1.45. The number of ether oxygens (including phenoxy) is 2. The molecule has 0 atom stereocenters. The molecule has 5 nitrogen and oxygen atoms in total. The van der Waals surface area contributed by atoms with Gasteiger partial charge in [0.2, 0.25) is 0 Å². The summed E-state index contributed by atoms with van der Waals surface area (Å²) in [6.45, 7) is 3.29. The molecule has 0 heterocycles. The maximum Gasteiger partial charge on any atom is 0.314 e. The van der Waals surface area contributed by atoms with Crippen LogP contribution in [-0.4, -0.2) is 32.8 Å². The minimum absolute atomic E-state index is 0.215. The second-order valence-corrected chi connectivity index (χ2v) is 5.97. The van der Waals surface area contributed by atoms with E-state index in [9.17, 15) is 4.79 Å². The molecule has 0 aliphatic rings. The quantitative estimate of drug-likeness (QED) is 0.706. The Labute approximate surface area is 153 Å². The minimum Gasteiger partial charge on any atom is -0.497 e. The molecular weight excluding hydrogens is 340 g/mol. The molecule has 0 aromatic heterocycles. The Morgan fingerprint density at radius 3 is 2.52 bits per heavy atom. The van der Waals surface area contributed by atoms with Crippen molar-refractivity contribution in [3.05, 3.63) is 58.6 Å². The number of aryl methyl sites for hydroxylation is 1. The highest BCUT2D eigenvalue weighted by Gasteiger charge is 2.03. The lowest BCUT2D eigenvalue weighted by Crippen LogP contribution is -2.38. The van der Waals surface area contributed by atoms with Gasteiger partial charge in [0.1, 0.15) is 18.1 Å². The number of urea groups is 1. The molecule has 134 valence electrons. The highest BCUT2D eigenvalue weighted by Crippen LogP contribution is 2.24. The second kappa shape index (κ2) is 9.79. The summed E-state index contributed by atoms with van der Waals surface area (Å²) < 4.78 is 10.7. The molecule has 0 saturated carbocycles. The van der Waals surface area contributed by atoms with Crippen LogP contribution in [0.15, 0.2) is 42.5 Å². The average molecular weight is 363 g/mol. The van der Waals surface area contributed by atoms with E-state index in [1.807, 2.05) is 43.3 Å². The van der Waals surface area contributed by atoms with Crippen molar-refractivity contribution in [3.8, 4) is 11.5 Å². The van der Waals surface area contributed by atoms with Gasteiger partial charge >= 0.3 is 6.03 Å². The van der Waals surface area contributed by atoms with E-state index in [1.54, 1.807) is 13.2 Å². The molecule has 0 saturated heterocycles. The lowest BCUT2D eigenvalue weighted by Gasteiger charge is -2.10. The van der Waals surface area contributed by atoms with Crippen LogP contribution in [0.3, 0.4) is 0 Å². The number of carbonyl (C=O) groups is 1. The first-order valence-electron chi connectivity index (χ1n) is 8.12. The van der Waals surface area contributed by atoms with E-state index >= 15 is 0 Å². The monoisotopic (exact) mass is 362 g/mol. The first kappa shape index (κ1) is 18.9. The molecule has 0 unspecified atom stereocenters. The average Bonchev–Trinajstić information content (AvgIpc) is 2.62. The van der Waals surface area contributed by atoms with Gasteiger partial charge in [0.05, 0.1) is 18.7 Å². The molecule has 0 aliphatic heterocycles. The normalized spacial score (nSPS) is 10.2. The minimum atomic E-state index is -0.215. The molecule has 2 aromatic rings. The molecule has 0 aliphatic carbocycles. The van der Waals surface area contributed by atoms with Crippen LogP contribution >= 0.6 is 11.6 Å². The van der Waals surface area contributed by atoms with Crippen LogP contribution in [0.5, 0.6) is 11.5 Å². The fourth-order valence-corrected chi connectivity index (χ4v) is 2.39. The number of benzene rings is 2. The Hall–Kier alpha value is -2.40. The van der Waals surface area contributed by atoms with Gasteiger partial charge in [-0.1, -0.05) is 29.8 Å². The molecule has 25 heavy (non-hydrogen) atoms. The smallest absolute Gasteiger partial charge is 0.314 e. The lowest BCUT2D eigenvalue weighted by atomic mass is 10.1. The topological polar surface area (TPSA) is 59.6 Å². The zero-order chi connectivity index (χ0) is 18.1. The van der Waals surface area contributed by atoms with E-state index in [-0.39, 0.29) is 6.03 Å². The Bertz CT molecular complexity index is 690. The van der Waals surface area contributed by atoms with Gasteiger partial charge in [-0.25, -0.2) is 4.79 Å². The number of hydrogen-bond donors (Lipinski definition) is 2. The third kappa shape index (κ3) is 6.55. The maximum atomic E-state index is 11.7. The molecule has 2 rings (SSSR count). The molecule has 0 bridgehead atoms. The molecule has 0 spiro atoms. The molecule has 6 heteroatoms. The van der Waals surface area contributed by atoms with Crippen LogP contribution in [0.1, 0.15) is 11.1 Å². The fraction of sp³-hybridized carbons (Fsp3) is 0.316. The number of amides is 2. The van der Waals surface area contributed by atoms with E-state index in [0.717, 1.165) is 23.3 Å². The standard InChI is InChI=1S/C19H23ClN2O3/c1-14-3-8-17(20)18(13-14)25-12-11-22-19(23)21-10-9-15-4-6-16(24-2)7-5-15/h3-8,13H,9-12H2,1-2H3,(H2,21,22,23). The van der Waals surface area contributed by atoms with Crippen LogP contribution in [-0.2, 0) is 6.42 Å². The zero-order valence-corrected chi connectivity index (χ0v) is 15.2. The summed E-state index contributed by atoms with van der Waals surface area (Å²) in [6.07, 6.45) is 0.757. The largest absolute Gasteiger partial charge is 0.497 e. The van der Waals surface area contributed by atoms with Crippen molar-refractivity contribution in [2.45, 2.75) is 13.3 Å². The number of hydrogen-bond acceptors (Lipinski definition) is 3. The van der Waals surface area contributed by atoms with Crippen LogP contribution in [0.4, 0.5) is 4.79 Å². The van der Waals surface area contributed by atoms with Gasteiger partial charge in [0, 0.05) is 6.54 Å². The molecule has 0 radical (unpaired) electrons. The van der Waals surface area contributed by atoms with Crippen LogP contribution in [0.2, 0.25) is 5.02 Å². The Kier molecular flexibility index (Phi) is 7.41.